The van der Waals surface area contributed by atoms with E-state index in [1.54, 1.807) is 39.0 Å². The molecule has 0 heterocycles. The molecule has 6 aliphatic rings. The van der Waals surface area contributed by atoms with Crippen LogP contribution in [0.1, 0.15) is 138 Å². The van der Waals surface area contributed by atoms with E-state index in [0.717, 1.165) is 82.9 Å². The summed E-state index contributed by atoms with van der Waals surface area (Å²) in [6.45, 7) is 46.9. The summed E-state index contributed by atoms with van der Waals surface area (Å²) in [5, 5.41) is 0. The molecule has 0 aromatic rings. The van der Waals surface area contributed by atoms with Crippen LogP contribution in [0.3, 0.4) is 0 Å². The van der Waals surface area contributed by atoms with Gasteiger partial charge in [-0.15, -0.1) is 0 Å². The molecular formula is C44H74. The molecule has 0 bridgehead atoms. The highest BCUT2D eigenvalue weighted by molar-refractivity contribution is 5.67. The number of fused-ring (bicyclic) bond motifs is 3. The van der Waals surface area contributed by atoms with Crippen LogP contribution in [0.15, 0.2) is 55.7 Å². The highest BCUT2D eigenvalue weighted by Gasteiger charge is 2.51. The lowest BCUT2D eigenvalue weighted by Gasteiger charge is -2.22. The molecule has 0 N–H and O–H groups in total. The van der Waals surface area contributed by atoms with Gasteiger partial charge in [0.25, 0.3) is 0 Å². The summed E-state index contributed by atoms with van der Waals surface area (Å²) in [4.78, 5) is 0. The Labute approximate surface area is 276 Å². The Bertz CT molecular complexity index is 1180. The van der Waals surface area contributed by atoms with Gasteiger partial charge in [0, 0.05) is 0 Å². The topological polar surface area (TPSA) is 0 Å². The van der Waals surface area contributed by atoms with E-state index < -0.39 is 0 Å². The fourth-order valence-electron chi connectivity index (χ4n) is 11.4. The van der Waals surface area contributed by atoms with E-state index in [-0.39, 0.29) is 0 Å². The second-order valence-corrected chi connectivity index (χ2v) is 16.6. The first-order chi connectivity index (χ1) is 20.4. The molecule has 14 atom stereocenters. The van der Waals surface area contributed by atoms with Crippen LogP contribution in [0, 0.1) is 82.9 Å². The Morgan fingerprint density at radius 1 is 0.318 bits per heavy atom. The number of allylic oxidation sites excluding steroid dienone is 10. The molecule has 0 aliphatic heterocycles. The fraction of sp³-hybridized carbons (Fsp3) is 0.773. The highest BCUT2D eigenvalue weighted by atomic mass is 14.6. The maximum atomic E-state index is 2.47. The monoisotopic (exact) mass is 603 g/mol. The fourth-order valence-corrected chi connectivity index (χ4v) is 11.4. The summed E-state index contributed by atoms with van der Waals surface area (Å²) < 4.78 is 0. The van der Waals surface area contributed by atoms with Gasteiger partial charge in [0.2, 0.25) is 0 Å². The SMILES string of the molecule is CC.CC1=C(C)C2=C(C)C(C)C(C)C2=C1C.CC1=C(C)C2C(C)C(C)C(C)C2C1C.CC1=C(C)C2C(C)C(C)C(C)C2C1C. The lowest BCUT2D eigenvalue weighted by atomic mass is 9.82. The third kappa shape index (κ3) is 5.63. The Morgan fingerprint density at radius 2 is 0.682 bits per heavy atom. The third-order valence-corrected chi connectivity index (χ3v) is 15.7. The summed E-state index contributed by atoms with van der Waals surface area (Å²) >= 11 is 0. The zero-order chi connectivity index (χ0) is 33.9. The van der Waals surface area contributed by atoms with Crippen LogP contribution in [0.2, 0.25) is 0 Å². The van der Waals surface area contributed by atoms with Crippen molar-refractivity contribution < 1.29 is 0 Å². The minimum absolute atomic E-state index is 0.720. The van der Waals surface area contributed by atoms with Crippen molar-refractivity contribution >= 4 is 0 Å². The second-order valence-electron chi connectivity index (χ2n) is 16.6. The minimum atomic E-state index is 0.720. The lowest BCUT2D eigenvalue weighted by Crippen LogP contribution is -2.17. The van der Waals surface area contributed by atoms with Crippen LogP contribution >= 0.6 is 0 Å². The molecule has 2 saturated carbocycles. The van der Waals surface area contributed by atoms with Gasteiger partial charge in [0.05, 0.1) is 0 Å². The normalized spacial score (nSPS) is 43.9. The molecule has 2 fully saturated rings. The third-order valence-electron chi connectivity index (χ3n) is 15.7. The van der Waals surface area contributed by atoms with Gasteiger partial charge in [-0.3, -0.25) is 0 Å². The van der Waals surface area contributed by atoms with Crippen molar-refractivity contribution in [1.29, 1.82) is 0 Å². The van der Waals surface area contributed by atoms with E-state index in [1.807, 2.05) is 13.8 Å². The average Bonchev–Trinajstić information content (AvgIpc) is 3.69. The van der Waals surface area contributed by atoms with Crippen molar-refractivity contribution in [2.75, 3.05) is 0 Å². The van der Waals surface area contributed by atoms with Gasteiger partial charge >= 0.3 is 0 Å². The van der Waals surface area contributed by atoms with E-state index >= 15 is 0 Å². The first-order valence-corrected chi connectivity index (χ1v) is 18.8. The molecule has 44 heavy (non-hydrogen) atoms. The summed E-state index contributed by atoms with van der Waals surface area (Å²) in [6, 6.07) is 0. The van der Waals surface area contributed by atoms with Gasteiger partial charge in [-0.05, 0) is 166 Å². The molecule has 0 amide bonds. The van der Waals surface area contributed by atoms with Gasteiger partial charge < -0.3 is 0 Å². The molecule has 0 saturated heterocycles. The predicted molar refractivity (Wildman–Crippen MR) is 197 cm³/mol. The molecule has 6 rings (SSSR count). The van der Waals surface area contributed by atoms with Gasteiger partial charge in [0.1, 0.15) is 0 Å². The lowest BCUT2D eigenvalue weighted by molar-refractivity contribution is 0.285. The quantitative estimate of drug-likeness (QED) is 0.242. The van der Waals surface area contributed by atoms with Crippen LogP contribution in [0.25, 0.3) is 0 Å². The molecule has 0 heteroatoms. The molecule has 14 unspecified atom stereocenters. The maximum Gasteiger partial charge on any atom is -0.0118 e. The molecule has 0 nitrogen and oxygen atoms in total. The van der Waals surface area contributed by atoms with Gasteiger partial charge in [-0.25, -0.2) is 0 Å². The van der Waals surface area contributed by atoms with Crippen molar-refractivity contribution in [1.82, 2.24) is 0 Å². The van der Waals surface area contributed by atoms with E-state index in [1.165, 1.54) is 16.7 Å². The Hall–Kier alpha value is -1.30. The van der Waals surface area contributed by atoms with Crippen LogP contribution < -0.4 is 0 Å². The predicted octanol–water partition coefficient (Wildman–Crippen LogP) is 13.5. The Morgan fingerprint density at radius 3 is 1.00 bits per heavy atom. The van der Waals surface area contributed by atoms with Gasteiger partial charge in [-0.1, -0.05) is 111 Å². The number of rotatable bonds is 0. The summed E-state index contributed by atoms with van der Waals surface area (Å²) in [6.07, 6.45) is 0. The van der Waals surface area contributed by atoms with E-state index in [4.69, 9.17) is 0 Å². The standard InChI is InChI=1S/2C14H24.C14H20.C2H6/c3*1-7-9(3)13-11(5)8(2)12(6)14(13)10(7)4;1-2/h2*7,9-11,13-14H,1-6H3;7,9H,1-6H3;1-2H3. The van der Waals surface area contributed by atoms with Gasteiger partial charge in [0.15, 0.2) is 0 Å². The number of hydrogen-bond acceptors (Lipinski definition) is 0. The van der Waals surface area contributed by atoms with E-state index in [0.29, 0.717) is 0 Å². The minimum Gasteiger partial charge on any atom is -0.0710 e. The highest BCUT2D eigenvalue weighted by Crippen LogP contribution is 2.59. The summed E-state index contributed by atoms with van der Waals surface area (Å²) in [5.41, 5.74) is 16.2. The Balaban J connectivity index is 0.000000175. The van der Waals surface area contributed by atoms with Crippen molar-refractivity contribution in [3.05, 3.63) is 55.7 Å². The smallest absolute Gasteiger partial charge is 0.0118 e. The van der Waals surface area contributed by atoms with Crippen LogP contribution in [0.5, 0.6) is 0 Å². The van der Waals surface area contributed by atoms with Crippen molar-refractivity contribution in [3.63, 3.8) is 0 Å². The molecule has 0 spiro atoms. The molecular weight excluding hydrogens is 528 g/mol. The molecule has 0 aromatic heterocycles. The van der Waals surface area contributed by atoms with Crippen molar-refractivity contribution in [2.45, 2.75) is 138 Å². The second kappa shape index (κ2) is 13.8. The van der Waals surface area contributed by atoms with E-state index in [2.05, 4.69) is 125 Å². The molecule has 6 aliphatic carbocycles. The maximum absolute atomic E-state index is 2.47. The number of hydrogen-bond donors (Lipinski definition) is 0. The molecule has 250 valence electrons. The van der Waals surface area contributed by atoms with E-state index in [9.17, 15) is 0 Å². The molecule has 0 aromatic carbocycles. The largest absolute Gasteiger partial charge is 0.0710 e. The first-order valence-electron chi connectivity index (χ1n) is 18.8. The van der Waals surface area contributed by atoms with Crippen molar-refractivity contribution in [2.24, 2.45) is 82.9 Å². The van der Waals surface area contributed by atoms with Crippen LogP contribution in [0.4, 0.5) is 0 Å². The molecule has 0 radical (unpaired) electrons. The van der Waals surface area contributed by atoms with Crippen molar-refractivity contribution in [3.8, 4) is 0 Å². The van der Waals surface area contributed by atoms with Crippen LogP contribution in [-0.2, 0) is 0 Å². The van der Waals surface area contributed by atoms with Gasteiger partial charge in [-0.2, -0.15) is 0 Å². The summed E-state index contributed by atoms with van der Waals surface area (Å²) in [7, 11) is 0. The average molecular weight is 603 g/mol. The zero-order valence-corrected chi connectivity index (χ0v) is 33.1. The zero-order valence-electron chi connectivity index (χ0n) is 33.1. The first kappa shape index (κ1) is 37.2. The van der Waals surface area contributed by atoms with Crippen LogP contribution in [-0.4, -0.2) is 0 Å². The Kier molecular flexibility index (Phi) is 11.7. The summed E-state index contributed by atoms with van der Waals surface area (Å²) in [5.74, 6) is 12.3.